The van der Waals surface area contributed by atoms with Gasteiger partial charge in [-0.05, 0) is 49.6 Å². The Morgan fingerprint density at radius 2 is 2.05 bits per heavy atom. The average Bonchev–Trinajstić information content (AvgIpc) is 2.84. The van der Waals surface area contributed by atoms with Crippen LogP contribution >= 0.6 is 31.9 Å². The van der Waals surface area contributed by atoms with Gasteiger partial charge in [-0.1, -0.05) is 13.8 Å². The van der Waals surface area contributed by atoms with E-state index in [9.17, 15) is 0 Å². The first-order valence-electron chi connectivity index (χ1n) is 6.52. The first kappa shape index (κ1) is 15.3. The second kappa shape index (κ2) is 7.07. The molecule has 0 saturated carbocycles. The van der Waals surface area contributed by atoms with Crippen LogP contribution in [-0.4, -0.2) is 25.4 Å². The van der Waals surface area contributed by atoms with Crippen LogP contribution in [0.15, 0.2) is 21.1 Å². The fourth-order valence-corrected chi connectivity index (χ4v) is 3.39. The third-order valence-electron chi connectivity index (χ3n) is 2.94. The molecule has 1 aliphatic rings. The lowest BCUT2D eigenvalue weighted by Crippen LogP contribution is -2.22. The Morgan fingerprint density at radius 1 is 1.37 bits per heavy atom. The second-order valence-electron chi connectivity index (χ2n) is 5.03. The topological polar surface area (TPSA) is 30.5 Å². The maximum absolute atomic E-state index is 5.98. The number of nitrogens with one attached hydrogen (secondary N) is 1. The van der Waals surface area contributed by atoms with Crippen LogP contribution in [-0.2, 0) is 11.3 Å². The smallest absolute Gasteiger partial charge is 0.148 e. The van der Waals surface area contributed by atoms with Gasteiger partial charge in [-0.2, -0.15) is 0 Å². The predicted molar refractivity (Wildman–Crippen MR) is 83.7 cm³/mol. The van der Waals surface area contributed by atoms with Crippen molar-refractivity contribution < 1.29 is 9.47 Å². The van der Waals surface area contributed by atoms with Gasteiger partial charge in [-0.3, -0.25) is 0 Å². The van der Waals surface area contributed by atoms with E-state index in [1.807, 2.05) is 0 Å². The van der Waals surface area contributed by atoms with Crippen LogP contribution in [0.25, 0.3) is 0 Å². The van der Waals surface area contributed by atoms with Crippen LogP contribution in [0.4, 0.5) is 0 Å². The second-order valence-corrected chi connectivity index (χ2v) is 6.74. The first-order chi connectivity index (χ1) is 9.06. The molecule has 106 valence electrons. The molecule has 1 fully saturated rings. The summed E-state index contributed by atoms with van der Waals surface area (Å²) >= 11 is 7.18. The maximum Gasteiger partial charge on any atom is 0.148 e. The molecule has 5 heteroatoms. The van der Waals surface area contributed by atoms with Gasteiger partial charge in [0.05, 0.1) is 22.2 Å². The monoisotopic (exact) mass is 391 g/mol. The minimum absolute atomic E-state index is 0.159. The van der Waals surface area contributed by atoms with Gasteiger partial charge in [0.25, 0.3) is 0 Å². The number of hydrogen-bond acceptors (Lipinski definition) is 3. The molecule has 1 heterocycles. The van der Waals surface area contributed by atoms with Crippen LogP contribution in [0.1, 0.15) is 25.8 Å². The number of rotatable bonds is 5. The average molecular weight is 393 g/mol. The molecule has 0 amide bonds. The summed E-state index contributed by atoms with van der Waals surface area (Å²) in [5.74, 6) is 0.865. The standard InChI is InChI=1S/C14H19Br2NO2/c1-9(2)17-7-10-5-12(15)14(13(16)6-10)19-11-3-4-18-8-11/h5-6,9,11,17H,3-4,7-8H2,1-2H3. The quantitative estimate of drug-likeness (QED) is 0.824. The molecule has 1 saturated heterocycles. The van der Waals surface area contributed by atoms with Crippen molar-refractivity contribution in [3.8, 4) is 5.75 Å². The normalized spacial score (nSPS) is 19.1. The molecule has 1 atom stereocenters. The minimum Gasteiger partial charge on any atom is -0.486 e. The summed E-state index contributed by atoms with van der Waals surface area (Å²) in [4.78, 5) is 0. The number of hydrogen-bond donors (Lipinski definition) is 1. The lowest BCUT2D eigenvalue weighted by atomic mass is 10.2. The van der Waals surface area contributed by atoms with Gasteiger partial charge in [0.1, 0.15) is 11.9 Å². The van der Waals surface area contributed by atoms with Crippen LogP contribution in [0, 0.1) is 0 Å². The van der Waals surface area contributed by atoms with E-state index in [1.165, 1.54) is 5.56 Å². The van der Waals surface area contributed by atoms with E-state index in [0.29, 0.717) is 12.6 Å². The van der Waals surface area contributed by atoms with Crippen molar-refractivity contribution in [2.45, 2.75) is 39.0 Å². The van der Waals surface area contributed by atoms with Gasteiger partial charge in [0, 0.05) is 19.0 Å². The Morgan fingerprint density at radius 3 is 2.58 bits per heavy atom. The van der Waals surface area contributed by atoms with Crippen molar-refractivity contribution >= 4 is 31.9 Å². The van der Waals surface area contributed by atoms with Crippen LogP contribution < -0.4 is 10.1 Å². The molecule has 1 N–H and O–H groups in total. The van der Waals surface area contributed by atoms with Crippen molar-refractivity contribution in [1.29, 1.82) is 0 Å². The summed E-state index contributed by atoms with van der Waals surface area (Å²) < 4.78 is 13.3. The van der Waals surface area contributed by atoms with E-state index >= 15 is 0 Å². The number of halogens is 2. The molecule has 0 aromatic heterocycles. The van der Waals surface area contributed by atoms with Crippen LogP contribution in [0.3, 0.4) is 0 Å². The Kier molecular flexibility index (Phi) is 5.69. The zero-order chi connectivity index (χ0) is 13.8. The van der Waals surface area contributed by atoms with E-state index < -0.39 is 0 Å². The molecule has 0 spiro atoms. The molecule has 1 unspecified atom stereocenters. The summed E-state index contributed by atoms with van der Waals surface area (Å²) in [6, 6.07) is 4.68. The Bertz CT molecular complexity index is 408. The lowest BCUT2D eigenvalue weighted by molar-refractivity contribution is 0.140. The molecule has 3 nitrogen and oxygen atoms in total. The Hall–Kier alpha value is -0.100. The van der Waals surface area contributed by atoms with Gasteiger partial charge >= 0.3 is 0 Å². The van der Waals surface area contributed by atoms with Crippen molar-refractivity contribution in [2.24, 2.45) is 0 Å². The maximum atomic E-state index is 5.98. The molecular weight excluding hydrogens is 374 g/mol. The van der Waals surface area contributed by atoms with E-state index in [2.05, 4.69) is 63.2 Å². The predicted octanol–water partition coefficient (Wildman–Crippen LogP) is 3.88. The molecule has 1 aromatic rings. The summed E-state index contributed by atoms with van der Waals surface area (Å²) in [5, 5.41) is 3.41. The third kappa shape index (κ3) is 4.45. The lowest BCUT2D eigenvalue weighted by Gasteiger charge is -2.16. The first-order valence-corrected chi connectivity index (χ1v) is 8.10. The fraction of sp³-hybridized carbons (Fsp3) is 0.571. The zero-order valence-corrected chi connectivity index (χ0v) is 14.4. The highest BCUT2D eigenvalue weighted by Gasteiger charge is 2.20. The molecular formula is C14H19Br2NO2. The minimum atomic E-state index is 0.159. The zero-order valence-electron chi connectivity index (χ0n) is 11.2. The van der Waals surface area contributed by atoms with Gasteiger partial charge in [0.15, 0.2) is 0 Å². The van der Waals surface area contributed by atoms with E-state index in [4.69, 9.17) is 9.47 Å². The molecule has 1 aliphatic heterocycles. The molecule has 1 aromatic carbocycles. The Labute approximate surface area is 131 Å². The summed E-state index contributed by atoms with van der Waals surface area (Å²) in [7, 11) is 0. The molecule has 0 aliphatic carbocycles. The van der Waals surface area contributed by atoms with Gasteiger partial charge in [0.2, 0.25) is 0 Å². The van der Waals surface area contributed by atoms with Gasteiger partial charge in [-0.25, -0.2) is 0 Å². The van der Waals surface area contributed by atoms with Gasteiger partial charge in [-0.15, -0.1) is 0 Å². The molecule has 0 bridgehead atoms. The fourth-order valence-electron chi connectivity index (χ4n) is 1.92. The van der Waals surface area contributed by atoms with E-state index in [1.54, 1.807) is 0 Å². The summed E-state index contributed by atoms with van der Waals surface area (Å²) in [6.45, 7) is 6.59. The van der Waals surface area contributed by atoms with Crippen molar-refractivity contribution in [2.75, 3.05) is 13.2 Å². The highest BCUT2D eigenvalue weighted by Crippen LogP contribution is 2.36. The van der Waals surface area contributed by atoms with Crippen LogP contribution in [0.2, 0.25) is 0 Å². The highest BCUT2D eigenvalue weighted by atomic mass is 79.9. The Balaban J connectivity index is 2.07. The molecule has 19 heavy (non-hydrogen) atoms. The summed E-state index contributed by atoms with van der Waals surface area (Å²) in [5.41, 5.74) is 1.22. The largest absolute Gasteiger partial charge is 0.486 e. The van der Waals surface area contributed by atoms with Crippen molar-refractivity contribution in [1.82, 2.24) is 5.32 Å². The van der Waals surface area contributed by atoms with Crippen LogP contribution in [0.5, 0.6) is 5.75 Å². The van der Waals surface area contributed by atoms with Crippen molar-refractivity contribution in [3.05, 3.63) is 26.6 Å². The van der Waals surface area contributed by atoms with Gasteiger partial charge < -0.3 is 14.8 Å². The molecule has 2 rings (SSSR count). The van der Waals surface area contributed by atoms with E-state index in [0.717, 1.165) is 34.3 Å². The van der Waals surface area contributed by atoms with E-state index in [-0.39, 0.29) is 6.10 Å². The number of benzene rings is 1. The number of ether oxygens (including phenoxy) is 2. The third-order valence-corrected chi connectivity index (χ3v) is 4.12. The SMILES string of the molecule is CC(C)NCc1cc(Br)c(OC2CCOC2)c(Br)c1. The molecule has 0 radical (unpaired) electrons. The van der Waals surface area contributed by atoms with Crippen molar-refractivity contribution in [3.63, 3.8) is 0 Å². The highest BCUT2D eigenvalue weighted by molar-refractivity contribution is 9.11. The summed E-state index contributed by atoms with van der Waals surface area (Å²) in [6.07, 6.45) is 1.11.